The van der Waals surface area contributed by atoms with E-state index in [0.717, 1.165) is 5.56 Å². The van der Waals surface area contributed by atoms with Crippen LogP contribution < -0.4 is 10.1 Å². The zero-order valence-corrected chi connectivity index (χ0v) is 25.3. The highest BCUT2D eigenvalue weighted by Crippen LogP contribution is 2.45. The van der Waals surface area contributed by atoms with E-state index in [0.29, 0.717) is 71.5 Å². The summed E-state index contributed by atoms with van der Waals surface area (Å²) in [6.07, 6.45) is 6.17. The predicted octanol–water partition coefficient (Wildman–Crippen LogP) is 6.53. The van der Waals surface area contributed by atoms with Gasteiger partial charge in [-0.15, -0.1) is 0 Å². The first-order valence-corrected chi connectivity index (χ1v) is 15.4. The number of amides is 1. The Morgan fingerprint density at radius 3 is 2.49 bits per heavy atom. The molecule has 1 amide bonds. The number of hydrogen-bond donors (Lipinski definition) is 3. The first-order valence-electron chi connectivity index (χ1n) is 14.6. The van der Waals surface area contributed by atoms with Crippen molar-refractivity contribution in [3.05, 3.63) is 106 Å². The minimum atomic E-state index is -1.37. The quantitative estimate of drug-likeness (QED) is 0.211. The van der Waals surface area contributed by atoms with Crippen molar-refractivity contribution in [2.24, 2.45) is 4.99 Å². The van der Waals surface area contributed by atoms with Gasteiger partial charge in [-0.2, -0.15) is 0 Å². The molecule has 2 atom stereocenters. The molecule has 1 saturated carbocycles. The van der Waals surface area contributed by atoms with Crippen molar-refractivity contribution in [3.8, 4) is 5.75 Å². The molecule has 3 aromatic rings. The molecule has 1 aliphatic heterocycles. The maximum atomic E-state index is 14.4. The van der Waals surface area contributed by atoms with Crippen LogP contribution >= 0.6 is 23.2 Å². The summed E-state index contributed by atoms with van der Waals surface area (Å²) in [7, 11) is 0. The summed E-state index contributed by atoms with van der Waals surface area (Å²) in [5.41, 5.74) is 0.924. The zero-order valence-electron chi connectivity index (χ0n) is 23.8. The molecule has 9 heteroatoms. The Labute approximate surface area is 262 Å². The van der Waals surface area contributed by atoms with Crippen molar-refractivity contribution >= 4 is 41.1 Å². The molecule has 0 aromatic heterocycles. The van der Waals surface area contributed by atoms with E-state index >= 15 is 0 Å². The van der Waals surface area contributed by atoms with Gasteiger partial charge in [-0.25, -0.2) is 4.99 Å². The fraction of sp³-hybridized carbons (Fsp3) is 0.353. The Bertz CT molecular complexity index is 1440. The molecule has 0 radical (unpaired) electrons. The Morgan fingerprint density at radius 2 is 1.79 bits per heavy atom. The largest absolute Gasteiger partial charge is 0.494 e. The van der Waals surface area contributed by atoms with Crippen LogP contribution in [0, 0.1) is 0 Å². The molecule has 1 aliphatic carbocycles. The minimum absolute atomic E-state index is 0.0572. The smallest absolute Gasteiger partial charge is 0.252 e. The van der Waals surface area contributed by atoms with Gasteiger partial charge in [-0.05, 0) is 67.6 Å². The summed E-state index contributed by atoms with van der Waals surface area (Å²) in [5.74, 6) is 0.712. The molecule has 3 N–H and O–H groups in total. The van der Waals surface area contributed by atoms with Gasteiger partial charge in [0.15, 0.2) is 11.6 Å². The van der Waals surface area contributed by atoms with E-state index in [1.165, 1.54) is 0 Å². The highest BCUT2D eigenvalue weighted by atomic mass is 35.5. The first kappa shape index (κ1) is 31.1. The first-order chi connectivity index (χ1) is 20.9. The van der Waals surface area contributed by atoms with Crippen molar-refractivity contribution in [2.45, 2.75) is 62.3 Å². The number of aliphatic hydroxyl groups is 2. The summed E-state index contributed by atoms with van der Waals surface area (Å²) in [6, 6.07) is 22.2. The number of ether oxygens (including phenoxy) is 2. The predicted molar refractivity (Wildman–Crippen MR) is 170 cm³/mol. The maximum Gasteiger partial charge on any atom is 0.252 e. The van der Waals surface area contributed by atoms with Crippen LogP contribution in [0.25, 0.3) is 6.08 Å². The molecule has 0 bridgehead atoms. The Balaban J connectivity index is 1.53. The number of hydrogen-bond acceptors (Lipinski definition) is 6. The van der Waals surface area contributed by atoms with Gasteiger partial charge in [0.1, 0.15) is 5.75 Å². The van der Waals surface area contributed by atoms with Gasteiger partial charge in [-0.3, -0.25) is 4.79 Å². The fourth-order valence-corrected chi connectivity index (χ4v) is 5.98. The number of halogens is 2. The fourth-order valence-electron chi connectivity index (χ4n) is 5.48. The van der Waals surface area contributed by atoms with Crippen molar-refractivity contribution < 1.29 is 24.5 Å². The molecule has 0 unspecified atom stereocenters. The zero-order chi connectivity index (χ0) is 30.2. The van der Waals surface area contributed by atoms with Crippen molar-refractivity contribution in [2.75, 3.05) is 13.2 Å². The van der Waals surface area contributed by atoms with E-state index in [1.54, 1.807) is 18.2 Å². The normalized spacial score (nSPS) is 23.5. The average Bonchev–Trinajstić information content (AvgIpc) is 3.40. The lowest BCUT2D eigenvalue weighted by Crippen LogP contribution is -2.52. The summed E-state index contributed by atoms with van der Waals surface area (Å²) < 4.78 is 12.2. The molecule has 1 fully saturated rings. The van der Waals surface area contributed by atoms with Crippen molar-refractivity contribution in [1.29, 1.82) is 0 Å². The van der Waals surface area contributed by atoms with Crippen LogP contribution in [0.15, 0.2) is 83.9 Å². The second-order valence-corrected chi connectivity index (χ2v) is 11.8. The Kier molecular flexibility index (Phi) is 10.4. The van der Waals surface area contributed by atoms with E-state index in [2.05, 4.69) is 5.32 Å². The lowest BCUT2D eigenvalue weighted by molar-refractivity contribution is -0.130. The third-order valence-corrected chi connectivity index (χ3v) is 8.41. The number of benzene rings is 3. The van der Waals surface area contributed by atoms with Crippen molar-refractivity contribution in [3.63, 3.8) is 0 Å². The minimum Gasteiger partial charge on any atom is -0.494 e. The molecule has 0 saturated heterocycles. The van der Waals surface area contributed by atoms with Crippen LogP contribution in [0.4, 0.5) is 0 Å². The lowest BCUT2D eigenvalue weighted by atomic mass is 9.83. The highest BCUT2D eigenvalue weighted by Gasteiger charge is 2.53. The van der Waals surface area contributed by atoms with Gasteiger partial charge >= 0.3 is 0 Å². The van der Waals surface area contributed by atoms with Crippen LogP contribution in [0.2, 0.25) is 10.0 Å². The van der Waals surface area contributed by atoms with Gasteiger partial charge in [-0.1, -0.05) is 71.8 Å². The van der Waals surface area contributed by atoms with E-state index in [-0.39, 0.29) is 31.1 Å². The van der Waals surface area contributed by atoms with Gasteiger partial charge in [0.2, 0.25) is 5.90 Å². The van der Waals surface area contributed by atoms with Gasteiger partial charge in [0, 0.05) is 46.7 Å². The molecule has 0 spiro atoms. The number of rotatable bonds is 11. The average molecular weight is 624 g/mol. The van der Waals surface area contributed by atoms with Crippen LogP contribution in [-0.4, -0.2) is 52.9 Å². The molecular weight excluding hydrogens is 587 g/mol. The monoisotopic (exact) mass is 622 g/mol. The molecule has 2 aliphatic rings. The summed E-state index contributed by atoms with van der Waals surface area (Å²) in [6.45, 7) is 0.460. The molecule has 226 valence electrons. The van der Waals surface area contributed by atoms with E-state index in [9.17, 15) is 9.90 Å². The topological polar surface area (TPSA) is 100 Å². The van der Waals surface area contributed by atoms with Crippen LogP contribution in [-0.2, 0) is 9.53 Å². The van der Waals surface area contributed by atoms with Crippen LogP contribution in [0.5, 0.6) is 5.75 Å². The molecule has 7 nitrogen and oxygen atoms in total. The SMILES string of the molecule is O=C(NC1CCC(O)CC1)[C@]1(C/C=C/c2ccccc2)N=C(c2ccc(OCCCO)cc2)O[C@@H]1c1ccc(Cl)cc1Cl. The number of nitrogens with zero attached hydrogens (tertiary/aromatic N) is 1. The van der Waals surface area contributed by atoms with E-state index in [4.69, 9.17) is 42.8 Å². The maximum absolute atomic E-state index is 14.4. The molecule has 1 heterocycles. The molecular formula is C34H36Cl2N2O5. The van der Waals surface area contributed by atoms with E-state index in [1.807, 2.05) is 66.7 Å². The number of carbonyl (C=O) groups is 1. The Morgan fingerprint density at radius 1 is 1.05 bits per heavy atom. The number of aliphatic hydroxyl groups excluding tert-OH is 2. The van der Waals surface area contributed by atoms with Crippen LogP contribution in [0.1, 0.15) is 61.3 Å². The second kappa shape index (κ2) is 14.4. The van der Waals surface area contributed by atoms with E-state index < -0.39 is 11.6 Å². The van der Waals surface area contributed by atoms with Crippen LogP contribution in [0.3, 0.4) is 0 Å². The van der Waals surface area contributed by atoms with Gasteiger partial charge in [0.25, 0.3) is 5.91 Å². The summed E-state index contributed by atoms with van der Waals surface area (Å²) in [5, 5.41) is 23.2. The number of aliphatic imine (C=N–C) groups is 1. The molecule has 43 heavy (non-hydrogen) atoms. The van der Waals surface area contributed by atoms with Crippen molar-refractivity contribution in [1.82, 2.24) is 5.32 Å². The highest BCUT2D eigenvalue weighted by molar-refractivity contribution is 6.35. The summed E-state index contributed by atoms with van der Waals surface area (Å²) in [4.78, 5) is 19.4. The van der Waals surface area contributed by atoms with Gasteiger partial charge < -0.3 is 25.0 Å². The number of carbonyl (C=O) groups excluding carboxylic acids is 1. The molecule has 3 aromatic carbocycles. The van der Waals surface area contributed by atoms with Gasteiger partial charge in [0.05, 0.1) is 12.7 Å². The summed E-state index contributed by atoms with van der Waals surface area (Å²) >= 11 is 13.0. The lowest BCUT2D eigenvalue weighted by Gasteiger charge is -2.33. The second-order valence-electron chi connectivity index (χ2n) is 11.0. The third-order valence-electron chi connectivity index (χ3n) is 7.85. The Hall–Kier alpha value is -3.36. The number of nitrogens with one attached hydrogen (secondary N) is 1. The molecule has 5 rings (SSSR count). The standard InChI is InChI=1S/C34H36Cl2N2O5/c35-25-11-18-29(30(36)22-25)31-34(19-4-8-23-6-2-1-3-7-23,33(41)37-26-12-14-27(40)15-13-26)38-32(43-31)24-9-16-28(17-10-24)42-21-5-20-39/h1-4,6-11,16-18,22,26-27,31,39-40H,5,12-15,19-21H2,(H,37,41)/b8-4+/t26?,27?,31-,34-/m1/s1. The third kappa shape index (κ3) is 7.60.